The Hall–Kier alpha value is -4.50. The second-order valence-corrected chi connectivity index (χ2v) is 7.16. The lowest BCUT2D eigenvalue weighted by atomic mass is 9.97. The molecule has 2 aromatic carbocycles. The highest BCUT2D eigenvalue weighted by Gasteiger charge is 2.28. The van der Waals surface area contributed by atoms with E-state index in [0.29, 0.717) is 33.5 Å². The number of ether oxygens (including phenoxy) is 1. The Morgan fingerprint density at radius 1 is 0.938 bits per heavy atom. The van der Waals surface area contributed by atoms with E-state index in [-0.39, 0.29) is 12.3 Å². The molecule has 5 rings (SSSR count). The van der Waals surface area contributed by atoms with Crippen LogP contribution in [0.15, 0.2) is 79.0 Å². The number of nitrogens with zero attached hydrogens (tertiary/aromatic N) is 4. The van der Waals surface area contributed by atoms with E-state index in [1.807, 2.05) is 79.0 Å². The van der Waals surface area contributed by atoms with Gasteiger partial charge in [-0.15, -0.1) is 0 Å². The molecule has 0 N–H and O–H groups in total. The third kappa shape index (κ3) is 3.08. The Balaban J connectivity index is 1.96. The molecule has 0 radical (unpaired) electrons. The molecule has 3 heterocycles. The van der Waals surface area contributed by atoms with Crippen molar-refractivity contribution in [3.63, 3.8) is 0 Å². The Bertz CT molecular complexity index is 1510. The van der Waals surface area contributed by atoms with E-state index >= 15 is 0 Å². The van der Waals surface area contributed by atoms with Crippen molar-refractivity contribution in [2.75, 3.05) is 6.61 Å². The number of benzene rings is 2. The van der Waals surface area contributed by atoms with Gasteiger partial charge in [-0.05, 0) is 36.8 Å². The summed E-state index contributed by atoms with van der Waals surface area (Å²) in [5, 5.41) is 9.92. The molecular formula is C26H18N4O2. The fourth-order valence-corrected chi connectivity index (χ4v) is 3.99. The number of fused-ring (bicyclic) bond motifs is 2. The van der Waals surface area contributed by atoms with Crippen LogP contribution in [0.4, 0.5) is 0 Å². The first kappa shape index (κ1) is 19.5. The number of rotatable bonds is 4. The second kappa shape index (κ2) is 7.97. The Morgan fingerprint density at radius 2 is 1.62 bits per heavy atom. The molecule has 154 valence electrons. The van der Waals surface area contributed by atoms with E-state index in [4.69, 9.17) is 9.72 Å². The van der Waals surface area contributed by atoms with Crippen molar-refractivity contribution in [1.29, 1.82) is 5.26 Å². The minimum atomic E-state index is -0.439. The maximum Gasteiger partial charge on any atom is 0.355 e. The van der Waals surface area contributed by atoms with Gasteiger partial charge >= 0.3 is 5.97 Å². The van der Waals surface area contributed by atoms with Gasteiger partial charge in [0.15, 0.2) is 5.69 Å². The van der Waals surface area contributed by atoms with E-state index in [9.17, 15) is 10.1 Å². The highest BCUT2D eigenvalue weighted by atomic mass is 16.5. The van der Waals surface area contributed by atoms with Crippen molar-refractivity contribution in [2.24, 2.45) is 0 Å². The van der Waals surface area contributed by atoms with Gasteiger partial charge in [0, 0.05) is 17.3 Å². The number of para-hydroxylation sites is 2. The van der Waals surface area contributed by atoms with Gasteiger partial charge in [-0.2, -0.15) is 5.26 Å². The maximum atomic E-state index is 13.1. The first-order valence-corrected chi connectivity index (χ1v) is 10.3. The van der Waals surface area contributed by atoms with Gasteiger partial charge in [0.1, 0.15) is 17.5 Å². The van der Waals surface area contributed by atoms with Crippen molar-refractivity contribution < 1.29 is 9.53 Å². The highest BCUT2D eigenvalue weighted by Crippen LogP contribution is 2.41. The molecule has 0 aliphatic heterocycles. The van der Waals surface area contributed by atoms with Crippen molar-refractivity contribution in [3.8, 4) is 28.5 Å². The number of carbonyl (C=O) groups excluding carboxylic acids is 1. The quantitative estimate of drug-likeness (QED) is 0.372. The van der Waals surface area contributed by atoms with E-state index in [0.717, 1.165) is 11.1 Å². The van der Waals surface area contributed by atoms with Crippen molar-refractivity contribution in [3.05, 3.63) is 90.4 Å². The summed E-state index contributed by atoms with van der Waals surface area (Å²) in [6, 6.07) is 24.9. The zero-order valence-electron chi connectivity index (χ0n) is 17.3. The summed E-state index contributed by atoms with van der Waals surface area (Å²) in [5.74, 6) is -0.439. The van der Waals surface area contributed by atoms with Crippen LogP contribution in [0.5, 0.6) is 0 Å². The summed E-state index contributed by atoms with van der Waals surface area (Å²) in [7, 11) is 0. The monoisotopic (exact) mass is 418 g/mol. The molecule has 32 heavy (non-hydrogen) atoms. The molecular weight excluding hydrogens is 400 g/mol. The predicted molar refractivity (Wildman–Crippen MR) is 122 cm³/mol. The van der Waals surface area contributed by atoms with Gasteiger partial charge in [-0.25, -0.2) is 14.8 Å². The molecule has 0 amide bonds. The normalized spacial score (nSPS) is 10.9. The predicted octanol–water partition coefficient (Wildman–Crippen LogP) is 5.26. The highest BCUT2D eigenvalue weighted by molar-refractivity contribution is 6.07. The molecule has 0 atom stereocenters. The molecule has 0 saturated heterocycles. The third-order valence-electron chi connectivity index (χ3n) is 5.29. The molecule has 0 unspecified atom stereocenters. The lowest BCUT2D eigenvalue weighted by Crippen LogP contribution is -2.09. The number of nitriles is 1. The summed E-state index contributed by atoms with van der Waals surface area (Å²) in [6.07, 6.45) is 1.82. The third-order valence-corrected chi connectivity index (χ3v) is 5.29. The Morgan fingerprint density at radius 3 is 2.34 bits per heavy atom. The number of esters is 1. The maximum absolute atomic E-state index is 13.1. The molecule has 6 heteroatoms. The van der Waals surface area contributed by atoms with Crippen LogP contribution in [0.1, 0.15) is 23.1 Å². The van der Waals surface area contributed by atoms with Crippen molar-refractivity contribution >= 4 is 22.5 Å². The topological polar surface area (TPSA) is 80.3 Å². The summed E-state index contributed by atoms with van der Waals surface area (Å²) < 4.78 is 7.21. The van der Waals surface area contributed by atoms with Crippen molar-refractivity contribution in [1.82, 2.24) is 14.4 Å². The molecule has 0 spiro atoms. The molecule has 0 fully saturated rings. The minimum Gasteiger partial charge on any atom is -0.461 e. The van der Waals surface area contributed by atoms with Crippen LogP contribution in [0.3, 0.4) is 0 Å². The van der Waals surface area contributed by atoms with Crippen LogP contribution in [-0.2, 0) is 4.74 Å². The average molecular weight is 418 g/mol. The molecule has 0 bridgehead atoms. The van der Waals surface area contributed by atoms with Gasteiger partial charge in [-0.1, -0.05) is 48.5 Å². The first-order valence-electron chi connectivity index (χ1n) is 10.3. The summed E-state index contributed by atoms with van der Waals surface area (Å²) in [4.78, 5) is 22.5. The van der Waals surface area contributed by atoms with E-state index < -0.39 is 5.97 Å². The average Bonchev–Trinajstić information content (AvgIpc) is 3.19. The first-order chi connectivity index (χ1) is 15.7. The molecule has 0 saturated carbocycles. The minimum absolute atomic E-state index is 0.202. The Labute approximate surface area is 184 Å². The van der Waals surface area contributed by atoms with Crippen LogP contribution in [0.2, 0.25) is 0 Å². The number of carbonyl (C=O) groups is 1. The van der Waals surface area contributed by atoms with Crippen molar-refractivity contribution in [2.45, 2.75) is 6.92 Å². The molecule has 0 aliphatic carbocycles. The number of pyridine rings is 1. The SMILES string of the molecule is CCOC(=O)c1c(-c2ccccc2)c(-c2nc3ccccc3nc2C#N)c2ccccn12. The number of hydrogen-bond donors (Lipinski definition) is 0. The summed E-state index contributed by atoms with van der Waals surface area (Å²) in [6.45, 7) is 2.03. The lowest BCUT2D eigenvalue weighted by molar-refractivity contribution is 0.0519. The van der Waals surface area contributed by atoms with Crippen LogP contribution >= 0.6 is 0 Å². The van der Waals surface area contributed by atoms with E-state index in [1.165, 1.54) is 0 Å². The van der Waals surface area contributed by atoms with Crippen LogP contribution < -0.4 is 0 Å². The Kier molecular flexibility index (Phi) is 4.85. The van der Waals surface area contributed by atoms with Gasteiger partial charge < -0.3 is 9.14 Å². The van der Waals surface area contributed by atoms with Gasteiger partial charge in [-0.3, -0.25) is 0 Å². The van der Waals surface area contributed by atoms with Crippen LogP contribution in [0.25, 0.3) is 38.9 Å². The van der Waals surface area contributed by atoms with Gasteiger partial charge in [0.2, 0.25) is 0 Å². The van der Waals surface area contributed by atoms with E-state index in [1.54, 1.807) is 11.3 Å². The summed E-state index contributed by atoms with van der Waals surface area (Å²) in [5.41, 5.74) is 5.26. The van der Waals surface area contributed by atoms with Gasteiger partial charge in [0.05, 0.1) is 23.2 Å². The zero-order valence-corrected chi connectivity index (χ0v) is 17.3. The van der Waals surface area contributed by atoms with Crippen LogP contribution in [0, 0.1) is 11.3 Å². The molecule has 5 aromatic rings. The standard InChI is InChI=1S/C26H18N4O2/c1-2-32-26(31)25-22(17-10-4-3-5-11-17)23(21-14-8-9-15-30(21)25)24-20(16-27)28-18-12-6-7-13-19(18)29-24/h3-15H,2H2,1H3. The lowest BCUT2D eigenvalue weighted by Gasteiger charge is -2.09. The van der Waals surface area contributed by atoms with E-state index in [2.05, 4.69) is 11.1 Å². The molecule has 6 nitrogen and oxygen atoms in total. The van der Waals surface area contributed by atoms with Gasteiger partial charge in [0.25, 0.3) is 0 Å². The molecule has 0 aliphatic rings. The summed E-state index contributed by atoms with van der Waals surface area (Å²) >= 11 is 0. The number of hydrogen-bond acceptors (Lipinski definition) is 5. The van der Waals surface area contributed by atoms with Crippen LogP contribution in [-0.4, -0.2) is 26.9 Å². The fraction of sp³-hybridized carbons (Fsp3) is 0.0769. The smallest absolute Gasteiger partial charge is 0.355 e. The largest absolute Gasteiger partial charge is 0.461 e. The fourth-order valence-electron chi connectivity index (χ4n) is 3.99. The second-order valence-electron chi connectivity index (χ2n) is 7.16. The number of aromatic nitrogens is 3. The zero-order chi connectivity index (χ0) is 22.1. The molecule has 3 aromatic heterocycles.